The van der Waals surface area contributed by atoms with Gasteiger partial charge in [0.05, 0.1) is 14.2 Å². The van der Waals surface area contributed by atoms with E-state index in [1.54, 1.807) is 49.6 Å². The molecule has 0 bridgehead atoms. The van der Waals surface area contributed by atoms with E-state index in [1.165, 1.54) is 12.7 Å². The van der Waals surface area contributed by atoms with Crippen molar-refractivity contribution in [3.63, 3.8) is 0 Å². The molecule has 0 saturated heterocycles. The van der Waals surface area contributed by atoms with Crippen LogP contribution in [-0.4, -0.2) is 32.1 Å². The van der Waals surface area contributed by atoms with E-state index >= 15 is 0 Å². The molecular weight excluding hydrogens is 404 g/mol. The molecule has 0 aliphatic rings. The second-order valence-corrected chi connectivity index (χ2v) is 7.50. The van der Waals surface area contributed by atoms with Crippen molar-refractivity contribution in [3.05, 3.63) is 89.5 Å². The number of hydrogen-bond acceptors (Lipinski definition) is 4. The first-order valence-electron chi connectivity index (χ1n) is 10.5. The van der Waals surface area contributed by atoms with E-state index in [-0.39, 0.29) is 17.9 Å². The van der Waals surface area contributed by atoms with Gasteiger partial charge in [-0.3, -0.25) is 9.59 Å². The molecule has 1 atom stereocenters. The summed E-state index contributed by atoms with van der Waals surface area (Å²) in [5.41, 5.74) is 2.83. The van der Waals surface area contributed by atoms with Crippen LogP contribution in [0.25, 0.3) is 0 Å². The molecule has 2 N–H and O–H groups in total. The summed E-state index contributed by atoms with van der Waals surface area (Å²) in [6, 6.07) is 22.0. The summed E-state index contributed by atoms with van der Waals surface area (Å²) in [4.78, 5) is 25.1. The van der Waals surface area contributed by atoms with Crippen LogP contribution >= 0.6 is 0 Å². The van der Waals surface area contributed by atoms with Crippen LogP contribution in [0.1, 0.15) is 39.6 Å². The largest absolute Gasteiger partial charge is 0.493 e. The molecule has 166 valence electrons. The first-order valence-corrected chi connectivity index (χ1v) is 10.5. The van der Waals surface area contributed by atoms with Gasteiger partial charge in [-0.1, -0.05) is 30.3 Å². The lowest BCUT2D eigenvalue weighted by Crippen LogP contribution is -2.32. The fourth-order valence-electron chi connectivity index (χ4n) is 3.29. The minimum atomic E-state index is -0.280. The molecule has 3 aromatic rings. The lowest BCUT2D eigenvalue weighted by atomic mass is 10.1. The van der Waals surface area contributed by atoms with Crippen LogP contribution in [0.4, 0.5) is 5.69 Å². The molecule has 0 fully saturated rings. The Morgan fingerprint density at radius 3 is 2.12 bits per heavy atom. The number of hydrogen-bond donors (Lipinski definition) is 2. The second kappa shape index (κ2) is 11.0. The SMILES string of the molecule is COc1ccc(C(=O)Nc2ccc(C(=O)N[C@H](C)CCc3ccccc3)cc2)cc1OC. The van der Waals surface area contributed by atoms with Crippen molar-refractivity contribution in [1.82, 2.24) is 5.32 Å². The van der Waals surface area contributed by atoms with Crippen LogP contribution in [0.15, 0.2) is 72.8 Å². The average molecular weight is 433 g/mol. The Balaban J connectivity index is 1.55. The molecule has 6 heteroatoms. The topological polar surface area (TPSA) is 76.7 Å². The Bertz CT molecular complexity index is 1050. The number of methoxy groups -OCH3 is 2. The van der Waals surface area contributed by atoms with Crippen molar-refractivity contribution < 1.29 is 19.1 Å². The summed E-state index contributed by atoms with van der Waals surface area (Å²) in [6.07, 6.45) is 1.76. The Kier molecular flexibility index (Phi) is 7.86. The van der Waals surface area contributed by atoms with E-state index in [1.807, 2.05) is 25.1 Å². The number of amides is 2. The molecular formula is C26H28N2O4. The summed E-state index contributed by atoms with van der Waals surface area (Å²) in [5.74, 6) is 0.618. The molecule has 0 aromatic heterocycles. The lowest BCUT2D eigenvalue weighted by molar-refractivity contribution is 0.0938. The molecule has 3 aromatic carbocycles. The maximum Gasteiger partial charge on any atom is 0.255 e. The molecule has 0 saturated carbocycles. The zero-order valence-electron chi connectivity index (χ0n) is 18.6. The number of aryl methyl sites for hydroxylation is 1. The first-order chi connectivity index (χ1) is 15.5. The number of nitrogens with one attached hydrogen (secondary N) is 2. The monoisotopic (exact) mass is 432 g/mol. The fraction of sp³-hybridized carbons (Fsp3) is 0.231. The van der Waals surface area contributed by atoms with Crippen LogP contribution in [-0.2, 0) is 6.42 Å². The van der Waals surface area contributed by atoms with E-state index in [2.05, 4.69) is 22.8 Å². The number of carbonyl (C=O) groups excluding carboxylic acids is 2. The molecule has 2 amide bonds. The van der Waals surface area contributed by atoms with Gasteiger partial charge in [0.25, 0.3) is 11.8 Å². The van der Waals surface area contributed by atoms with Gasteiger partial charge in [-0.05, 0) is 67.8 Å². The number of anilines is 1. The van der Waals surface area contributed by atoms with Gasteiger partial charge < -0.3 is 20.1 Å². The van der Waals surface area contributed by atoms with Crippen molar-refractivity contribution in [2.24, 2.45) is 0 Å². The van der Waals surface area contributed by atoms with Crippen molar-refractivity contribution in [2.75, 3.05) is 19.5 Å². The molecule has 3 rings (SSSR count). The van der Waals surface area contributed by atoms with Crippen LogP contribution in [0.2, 0.25) is 0 Å². The molecule has 0 unspecified atom stereocenters. The minimum Gasteiger partial charge on any atom is -0.493 e. The molecule has 6 nitrogen and oxygen atoms in total. The first kappa shape index (κ1) is 22.9. The third-order valence-corrected chi connectivity index (χ3v) is 5.14. The summed E-state index contributed by atoms with van der Waals surface area (Å²) < 4.78 is 10.4. The van der Waals surface area contributed by atoms with E-state index in [0.29, 0.717) is 28.3 Å². The molecule has 0 heterocycles. The van der Waals surface area contributed by atoms with Gasteiger partial charge in [-0.25, -0.2) is 0 Å². The molecule has 0 spiro atoms. The van der Waals surface area contributed by atoms with Crippen molar-refractivity contribution in [1.29, 1.82) is 0 Å². The summed E-state index contributed by atoms with van der Waals surface area (Å²) in [7, 11) is 3.06. The molecule has 0 aliphatic heterocycles. The standard InChI is InChI=1S/C26H28N2O4/c1-18(9-10-19-7-5-4-6-8-19)27-25(29)20-11-14-22(15-12-20)28-26(30)21-13-16-23(31-2)24(17-21)32-3/h4-8,11-18H,9-10H2,1-3H3,(H,27,29)(H,28,30)/t18-/m1/s1. The van der Waals surface area contributed by atoms with Crippen LogP contribution in [0, 0.1) is 0 Å². The van der Waals surface area contributed by atoms with Crippen LogP contribution < -0.4 is 20.1 Å². The second-order valence-electron chi connectivity index (χ2n) is 7.50. The van der Waals surface area contributed by atoms with Crippen molar-refractivity contribution in [3.8, 4) is 11.5 Å². The zero-order chi connectivity index (χ0) is 22.9. The zero-order valence-corrected chi connectivity index (χ0v) is 18.6. The van der Waals surface area contributed by atoms with Gasteiger partial charge in [0, 0.05) is 22.9 Å². The van der Waals surface area contributed by atoms with E-state index in [4.69, 9.17) is 9.47 Å². The van der Waals surface area contributed by atoms with Crippen molar-refractivity contribution >= 4 is 17.5 Å². The summed E-state index contributed by atoms with van der Waals surface area (Å²) >= 11 is 0. The maximum absolute atomic E-state index is 12.5. The Morgan fingerprint density at radius 1 is 0.812 bits per heavy atom. The average Bonchev–Trinajstić information content (AvgIpc) is 2.83. The van der Waals surface area contributed by atoms with Gasteiger partial charge in [0.1, 0.15) is 0 Å². The highest BCUT2D eigenvalue weighted by atomic mass is 16.5. The number of ether oxygens (including phenoxy) is 2. The third kappa shape index (κ3) is 6.11. The smallest absolute Gasteiger partial charge is 0.255 e. The molecule has 0 aliphatic carbocycles. The van der Waals surface area contributed by atoms with E-state index < -0.39 is 0 Å². The van der Waals surface area contributed by atoms with Gasteiger partial charge in [-0.15, -0.1) is 0 Å². The Morgan fingerprint density at radius 2 is 1.47 bits per heavy atom. The quantitative estimate of drug-likeness (QED) is 0.514. The van der Waals surface area contributed by atoms with Crippen LogP contribution in [0.5, 0.6) is 11.5 Å². The summed E-state index contributed by atoms with van der Waals surface area (Å²) in [6.45, 7) is 2.00. The highest BCUT2D eigenvalue weighted by Gasteiger charge is 2.13. The minimum absolute atomic E-state index is 0.0483. The maximum atomic E-state index is 12.5. The Hall–Kier alpha value is -3.80. The van der Waals surface area contributed by atoms with E-state index in [9.17, 15) is 9.59 Å². The van der Waals surface area contributed by atoms with Gasteiger partial charge in [0.2, 0.25) is 0 Å². The highest BCUT2D eigenvalue weighted by molar-refractivity contribution is 6.05. The number of rotatable bonds is 9. The van der Waals surface area contributed by atoms with E-state index in [0.717, 1.165) is 12.8 Å². The van der Waals surface area contributed by atoms with Gasteiger partial charge in [-0.2, -0.15) is 0 Å². The predicted octanol–water partition coefficient (Wildman–Crippen LogP) is 4.71. The number of carbonyl (C=O) groups is 2. The lowest BCUT2D eigenvalue weighted by Gasteiger charge is -2.14. The molecule has 0 radical (unpaired) electrons. The highest BCUT2D eigenvalue weighted by Crippen LogP contribution is 2.27. The van der Waals surface area contributed by atoms with Crippen LogP contribution in [0.3, 0.4) is 0 Å². The molecule has 32 heavy (non-hydrogen) atoms. The van der Waals surface area contributed by atoms with Gasteiger partial charge in [0.15, 0.2) is 11.5 Å². The normalized spacial score (nSPS) is 11.3. The van der Waals surface area contributed by atoms with Gasteiger partial charge >= 0.3 is 0 Å². The predicted molar refractivity (Wildman–Crippen MR) is 126 cm³/mol. The third-order valence-electron chi connectivity index (χ3n) is 5.14. The Labute approximate surface area is 188 Å². The number of benzene rings is 3. The van der Waals surface area contributed by atoms with Crippen molar-refractivity contribution in [2.45, 2.75) is 25.8 Å². The summed E-state index contributed by atoms with van der Waals surface area (Å²) in [5, 5.41) is 5.85. The fourth-order valence-corrected chi connectivity index (χ4v) is 3.29.